The Morgan fingerprint density at radius 2 is 2.00 bits per heavy atom. The Balaban J connectivity index is 1.88. The smallest absolute Gasteiger partial charge is 0.130 e. The van der Waals surface area contributed by atoms with E-state index in [0.717, 1.165) is 19.5 Å². The molecule has 0 spiro atoms. The lowest BCUT2D eigenvalue weighted by molar-refractivity contribution is 0.189. The van der Waals surface area contributed by atoms with Gasteiger partial charge in [0.2, 0.25) is 0 Å². The van der Waals surface area contributed by atoms with Gasteiger partial charge in [0, 0.05) is 19.6 Å². The molecule has 1 unspecified atom stereocenters. The molecular formula is C13H17F2N. The summed E-state index contributed by atoms with van der Waals surface area (Å²) in [5.74, 6) is 0. The van der Waals surface area contributed by atoms with Gasteiger partial charge in [-0.1, -0.05) is 24.3 Å². The van der Waals surface area contributed by atoms with Gasteiger partial charge in [0.1, 0.15) is 12.8 Å². The first-order valence-corrected chi connectivity index (χ1v) is 5.79. The molecule has 0 radical (unpaired) electrons. The minimum Gasteiger partial charge on any atom is -0.299 e. The normalized spacial score (nSPS) is 18.1. The molecule has 1 nitrogen and oxygen atoms in total. The molecule has 0 bridgehead atoms. The highest BCUT2D eigenvalue weighted by molar-refractivity contribution is 5.28. The van der Waals surface area contributed by atoms with Crippen molar-refractivity contribution in [1.82, 2.24) is 4.90 Å². The van der Waals surface area contributed by atoms with Crippen molar-refractivity contribution in [3.63, 3.8) is 0 Å². The fourth-order valence-electron chi connectivity index (χ4n) is 2.14. The van der Waals surface area contributed by atoms with E-state index in [1.54, 1.807) is 0 Å². The zero-order valence-electron chi connectivity index (χ0n) is 9.33. The van der Waals surface area contributed by atoms with E-state index in [1.165, 1.54) is 11.1 Å². The molecule has 1 aliphatic heterocycles. The molecule has 0 saturated carbocycles. The largest absolute Gasteiger partial charge is 0.299 e. The van der Waals surface area contributed by atoms with Crippen LogP contribution in [-0.4, -0.2) is 30.8 Å². The summed E-state index contributed by atoms with van der Waals surface area (Å²) < 4.78 is 24.8. The summed E-state index contributed by atoms with van der Waals surface area (Å²) in [6.45, 7) is 1.62. The average Bonchev–Trinajstić information content (AvgIpc) is 2.35. The number of nitrogens with zero attached hydrogens (tertiary/aromatic N) is 1. The van der Waals surface area contributed by atoms with Gasteiger partial charge < -0.3 is 0 Å². The maximum atomic E-state index is 12.8. The van der Waals surface area contributed by atoms with Gasteiger partial charge in [-0.15, -0.1) is 0 Å². The second-order valence-electron chi connectivity index (χ2n) is 4.34. The zero-order chi connectivity index (χ0) is 11.4. The number of hydrogen-bond donors (Lipinski definition) is 0. The molecule has 16 heavy (non-hydrogen) atoms. The SMILES string of the molecule is FCC(F)CCN1CCc2ccccc2C1. The highest BCUT2D eigenvalue weighted by atomic mass is 19.2. The van der Waals surface area contributed by atoms with Gasteiger partial charge in [0.25, 0.3) is 0 Å². The van der Waals surface area contributed by atoms with Crippen LogP contribution in [0, 0.1) is 0 Å². The number of rotatable bonds is 4. The Bertz CT molecular complexity index is 340. The number of benzene rings is 1. The number of fused-ring (bicyclic) bond motifs is 1. The Labute approximate surface area is 95.1 Å². The minimum absolute atomic E-state index is 0.304. The highest BCUT2D eigenvalue weighted by Crippen LogP contribution is 2.18. The average molecular weight is 225 g/mol. The number of alkyl halides is 2. The van der Waals surface area contributed by atoms with E-state index >= 15 is 0 Å². The molecule has 1 aromatic carbocycles. The second-order valence-corrected chi connectivity index (χ2v) is 4.34. The zero-order valence-corrected chi connectivity index (χ0v) is 9.33. The molecule has 1 aliphatic rings. The lowest BCUT2D eigenvalue weighted by atomic mass is 10.00. The summed E-state index contributed by atoms with van der Waals surface area (Å²) in [6.07, 6.45) is 0.0266. The molecule has 2 rings (SSSR count). The summed E-state index contributed by atoms with van der Waals surface area (Å²) >= 11 is 0. The van der Waals surface area contributed by atoms with Crippen LogP contribution in [0.1, 0.15) is 17.5 Å². The predicted octanol–water partition coefficient (Wildman–Crippen LogP) is 2.74. The van der Waals surface area contributed by atoms with E-state index in [-0.39, 0.29) is 0 Å². The molecule has 1 aromatic rings. The monoisotopic (exact) mass is 225 g/mol. The first-order valence-electron chi connectivity index (χ1n) is 5.79. The highest BCUT2D eigenvalue weighted by Gasteiger charge is 2.16. The van der Waals surface area contributed by atoms with E-state index in [4.69, 9.17) is 0 Å². The van der Waals surface area contributed by atoms with E-state index in [0.29, 0.717) is 13.0 Å². The van der Waals surface area contributed by atoms with Crippen molar-refractivity contribution < 1.29 is 8.78 Å². The van der Waals surface area contributed by atoms with Crippen molar-refractivity contribution in [3.8, 4) is 0 Å². The topological polar surface area (TPSA) is 3.24 Å². The van der Waals surface area contributed by atoms with Gasteiger partial charge in [-0.3, -0.25) is 4.90 Å². The number of hydrogen-bond acceptors (Lipinski definition) is 1. The molecule has 0 N–H and O–H groups in total. The molecule has 0 fully saturated rings. The first kappa shape index (κ1) is 11.5. The van der Waals surface area contributed by atoms with Crippen LogP contribution >= 0.6 is 0 Å². The third-order valence-corrected chi connectivity index (χ3v) is 3.14. The fraction of sp³-hybridized carbons (Fsp3) is 0.538. The standard InChI is InChI=1S/C13H17F2N/c14-9-13(15)6-8-16-7-5-11-3-1-2-4-12(11)10-16/h1-4,13H,5-10H2. The first-order chi connectivity index (χ1) is 7.79. The Morgan fingerprint density at radius 1 is 1.25 bits per heavy atom. The summed E-state index contributed by atoms with van der Waals surface area (Å²) in [5.41, 5.74) is 2.71. The van der Waals surface area contributed by atoms with Crippen molar-refractivity contribution in [1.29, 1.82) is 0 Å². The van der Waals surface area contributed by atoms with E-state index in [9.17, 15) is 8.78 Å². The lowest BCUT2D eigenvalue weighted by Crippen LogP contribution is -2.32. The van der Waals surface area contributed by atoms with Crippen LogP contribution in [0.3, 0.4) is 0 Å². The molecule has 0 saturated heterocycles. The van der Waals surface area contributed by atoms with E-state index in [1.807, 2.05) is 6.07 Å². The van der Waals surface area contributed by atoms with Gasteiger partial charge >= 0.3 is 0 Å². The van der Waals surface area contributed by atoms with Gasteiger partial charge in [-0.05, 0) is 24.0 Å². The molecule has 0 aromatic heterocycles. The molecular weight excluding hydrogens is 208 g/mol. The molecule has 0 aliphatic carbocycles. The maximum absolute atomic E-state index is 12.8. The fourth-order valence-corrected chi connectivity index (χ4v) is 2.14. The van der Waals surface area contributed by atoms with Crippen molar-refractivity contribution in [2.45, 2.75) is 25.6 Å². The van der Waals surface area contributed by atoms with Crippen molar-refractivity contribution in [2.24, 2.45) is 0 Å². The van der Waals surface area contributed by atoms with Crippen LogP contribution in [-0.2, 0) is 13.0 Å². The summed E-state index contributed by atoms with van der Waals surface area (Å²) in [6, 6.07) is 8.34. The number of halogens is 2. The Kier molecular flexibility index (Phi) is 3.88. The summed E-state index contributed by atoms with van der Waals surface area (Å²) in [4.78, 5) is 2.20. The third kappa shape index (κ3) is 2.79. The van der Waals surface area contributed by atoms with E-state index in [2.05, 4.69) is 23.1 Å². The van der Waals surface area contributed by atoms with Crippen LogP contribution in [0.15, 0.2) is 24.3 Å². The van der Waals surface area contributed by atoms with Crippen LogP contribution in [0.4, 0.5) is 8.78 Å². The third-order valence-electron chi connectivity index (χ3n) is 3.14. The van der Waals surface area contributed by atoms with Gasteiger partial charge in [0.15, 0.2) is 0 Å². The second kappa shape index (κ2) is 5.39. The maximum Gasteiger partial charge on any atom is 0.130 e. The Hall–Kier alpha value is -0.960. The lowest BCUT2D eigenvalue weighted by Gasteiger charge is -2.28. The van der Waals surface area contributed by atoms with Crippen molar-refractivity contribution in [2.75, 3.05) is 19.8 Å². The molecule has 88 valence electrons. The van der Waals surface area contributed by atoms with Crippen molar-refractivity contribution in [3.05, 3.63) is 35.4 Å². The molecule has 3 heteroatoms. The van der Waals surface area contributed by atoms with Gasteiger partial charge in [-0.2, -0.15) is 0 Å². The van der Waals surface area contributed by atoms with Gasteiger partial charge in [-0.25, -0.2) is 8.78 Å². The minimum atomic E-state index is -1.29. The van der Waals surface area contributed by atoms with Crippen LogP contribution in [0.5, 0.6) is 0 Å². The van der Waals surface area contributed by atoms with E-state index < -0.39 is 12.8 Å². The van der Waals surface area contributed by atoms with Crippen LogP contribution in [0.2, 0.25) is 0 Å². The van der Waals surface area contributed by atoms with Gasteiger partial charge in [0.05, 0.1) is 0 Å². The van der Waals surface area contributed by atoms with Crippen LogP contribution < -0.4 is 0 Å². The molecule has 0 amide bonds. The summed E-state index contributed by atoms with van der Waals surface area (Å²) in [7, 11) is 0. The van der Waals surface area contributed by atoms with Crippen molar-refractivity contribution >= 4 is 0 Å². The molecule has 1 heterocycles. The molecule has 1 atom stereocenters. The quantitative estimate of drug-likeness (QED) is 0.761. The Morgan fingerprint density at radius 3 is 2.75 bits per heavy atom. The predicted molar refractivity (Wildman–Crippen MR) is 60.9 cm³/mol. The van der Waals surface area contributed by atoms with Crippen LogP contribution in [0.25, 0.3) is 0 Å². The summed E-state index contributed by atoms with van der Waals surface area (Å²) in [5, 5.41) is 0.